The van der Waals surface area contributed by atoms with E-state index in [1.165, 1.54) is 0 Å². The molecule has 0 saturated carbocycles. The molecule has 1 unspecified atom stereocenters. The van der Waals surface area contributed by atoms with Gasteiger partial charge in [0.1, 0.15) is 24.7 Å². The number of carbonyl (C=O) groups is 1. The van der Waals surface area contributed by atoms with E-state index in [2.05, 4.69) is 0 Å². The van der Waals surface area contributed by atoms with Crippen LogP contribution in [0.25, 0.3) is 0 Å². The van der Waals surface area contributed by atoms with Gasteiger partial charge < -0.3 is 19.1 Å². The molecule has 1 saturated heterocycles. The SMILES string of the molecule is COc1ccc(OCC2CN(c3ccccc3)CC(=O)O2)cc1. The first-order valence-electron chi connectivity index (χ1n) is 7.51. The van der Waals surface area contributed by atoms with E-state index in [0.29, 0.717) is 13.2 Å². The molecule has 0 radical (unpaired) electrons. The molecule has 1 heterocycles. The molecule has 0 aromatic heterocycles. The number of esters is 1. The second-order valence-corrected chi connectivity index (χ2v) is 5.31. The van der Waals surface area contributed by atoms with Crippen LogP contribution in [0.5, 0.6) is 11.5 Å². The third-order valence-corrected chi connectivity index (χ3v) is 3.66. The van der Waals surface area contributed by atoms with Crippen LogP contribution < -0.4 is 14.4 Å². The minimum absolute atomic E-state index is 0.233. The van der Waals surface area contributed by atoms with Crippen LogP contribution in [0.4, 0.5) is 5.69 Å². The Hall–Kier alpha value is -2.69. The van der Waals surface area contributed by atoms with Crippen molar-refractivity contribution in [2.45, 2.75) is 6.10 Å². The molecule has 0 amide bonds. The van der Waals surface area contributed by atoms with E-state index in [4.69, 9.17) is 14.2 Å². The van der Waals surface area contributed by atoms with Crippen molar-refractivity contribution in [3.05, 3.63) is 54.6 Å². The molecule has 5 heteroatoms. The van der Waals surface area contributed by atoms with Crippen LogP contribution in [0.2, 0.25) is 0 Å². The number of cyclic esters (lactones) is 1. The number of nitrogens with zero attached hydrogens (tertiary/aromatic N) is 1. The van der Waals surface area contributed by atoms with Crippen molar-refractivity contribution in [1.29, 1.82) is 0 Å². The monoisotopic (exact) mass is 313 g/mol. The van der Waals surface area contributed by atoms with E-state index in [1.807, 2.05) is 59.5 Å². The van der Waals surface area contributed by atoms with Crippen LogP contribution >= 0.6 is 0 Å². The Balaban J connectivity index is 1.59. The van der Waals surface area contributed by atoms with Crippen molar-refractivity contribution in [2.24, 2.45) is 0 Å². The number of para-hydroxylation sites is 1. The average Bonchev–Trinajstić information content (AvgIpc) is 2.61. The molecule has 0 N–H and O–H groups in total. The van der Waals surface area contributed by atoms with Gasteiger partial charge in [-0.3, -0.25) is 4.79 Å². The Morgan fingerprint density at radius 2 is 1.78 bits per heavy atom. The van der Waals surface area contributed by atoms with E-state index in [9.17, 15) is 4.79 Å². The van der Waals surface area contributed by atoms with Gasteiger partial charge in [0.25, 0.3) is 0 Å². The highest BCUT2D eigenvalue weighted by Gasteiger charge is 2.27. The molecule has 23 heavy (non-hydrogen) atoms. The summed E-state index contributed by atoms with van der Waals surface area (Å²) in [6, 6.07) is 17.2. The van der Waals surface area contributed by atoms with Crippen LogP contribution in [0.1, 0.15) is 0 Å². The molecule has 1 aliphatic rings. The number of benzene rings is 2. The normalized spacial score (nSPS) is 17.5. The second-order valence-electron chi connectivity index (χ2n) is 5.31. The van der Waals surface area contributed by atoms with Gasteiger partial charge in [0.05, 0.1) is 13.7 Å². The Bertz CT molecular complexity index is 642. The lowest BCUT2D eigenvalue weighted by Gasteiger charge is -2.33. The summed E-state index contributed by atoms with van der Waals surface area (Å²) in [7, 11) is 1.62. The van der Waals surface area contributed by atoms with Gasteiger partial charge in [0.15, 0.2) is 6.10 Å². The minimum Gasteiger partial charge on any atom is -0.497 e. The quantitative estimate of drug-likeness (QED) is 0.794. The molecule has 1 aliphatic heterocycles. The van der Waals surface area contributed by atoms with Crippen molar-refractivity contribution in [1.82, 2.24) is 0 Å². The maximum Gasteiger partial charge on any atom is 0.326 e. The number of methoxy groups -OCH3 is 1. The van der Waals surface area contributed by atoms with Crippen molar-refractivity contribution >= 4 is 11.7 Å². The Kier molecular flexibility index (Phi) is 4.66. The standard InChI is InChI=1S/C18H19NO4/c1-21-15-7-9-16(10-8-15)22-13-17-11-19(12-18(20)23-17)14-5-3-2-4-6-14/h2-10,17H,11-13H2,1H3. The Labute approximate surface area is 135 Å². The third kappa shape index (κ3) is 3.94. The lowest BCUT2D eigenvalue weighted by atomic mass is 10.2. The summed E-state index contributed by atoms with van der Waals surface area (Å²) < 4.78 is 16.2. The summed E-state index contributed by atoms with van der Waals surface area (Å²) in [6.45, 7) is 1.20. The Morgan fingerprint density at radius 1 is 1.09 bits per heavy atom. The first kappa shape index (κ1) is 15.2. The summed E-state index contributed by atoms with van der Waals surface area (Å²) in [5.74, 6) is 1.26. The number of carbonyl (C=O) groups excluding carboxylic acids is 1. The molecule has 0 spiro atoms. The zero-order valence-electron chi connectivity index (χ0n) is 13.0. The molecule has 120 valence electrons. The summed E-state index contributed by atoms with van der Waals surface area (Å²) in [6.07, 6.45) is -0.293. The molecule has 0 bridgehead atoms. The van der Waals surface area contributed by atoms with Gasteiger partial charge in [-0.25, -0.2) is 0 Å². The zero-order chi connectivity index (χ0) is 16.1. The van der Waals surface area contributed by atoms with E-state index < -0.39 is 0 Å². The maximum absolute atomic E-state index is 11.8. The van der Waals surface area contributed by atoms with Gasteiger partial charge in [-0.05, 0) is 36.4 Å². The first-order valence-corrected chi connectivity index (χ1v) is 7.51. The first-order chi connectivity index (χ1) is 11.2. The van der Waals surface area contributed by atoms with Crippen LogP contribution in [-0.4, -0.2) is 38.9 Å². The third-order valence-electron chi connectivity index (χ3n) is 3.66. The van der Waals surface area contributed by atoms with Crippen LogP contribution in [0, 0.1) is 0 Å². The fraction of sp³-hybridized carbons (Fsp3) is 0.278. The molecular weight excluding hydrogens is 294 g/mol. The molecule has 2 aromatic rings. The largest absolute Gasteiger partial charge is 0.497 e. The van der Waals surface area contributed by atoms with Gasteiger partial charge >= 0.3 is 5.97 Å². The second kappa shape index (κ2) is 7.05. The van der Waals surface area contributed by atoms with E-state index in [1.54, 1.807) is 7.11 Å². The summed E-state index contributed by atoms with van der Waals surface area (Å²) in [5.41, 5.74) is 1.01. The number of hydrogen-bond acceptors (Lipinski definition) is 5. The van der Waals surface area contributed by atoms with Gasteiger partial charge in [-0.2, -0.15) is 0 Å². The minimum atomic E-state index is -0.293. The number of ether oxygens (including phenoxy) is 3. The zero-order valence-corrected chi connectivity index (χ0v) is 13.0. The van der Waals surface area contributed by atoms with E-state index in [0.717, 1.165) is 17.2 Å². The summed E-state index contributed by atoms with van der Waals surface area (Å²) in [4.78, 5) is 13.8. The van der Waals surface area contributed by atoms with Gasteiger partial charge in [-0.15, -0.1) is 0 Å². The number of anilines is 1. The smallest absolute Gasteiger partial charge is 0.326 e. The molecule has 1 atom stereocenters. The highest BCUT2D eigenvalue weighted by Crippen LogP contribution is 2.20. The van der Waals surface area contributed by atoms with Gasteiger partial charge in [0.2, 0.25) is 0 Å². The van der Waals surface area contributed by atoms with Gasteiger partial charge in [-0.1, -0.05) is 18.2 Å². The van der Waals surface area contributed by atoms with Crippen molar-refractivity contribution < 1.29 is 19.0 Å². The van der Waals surface area contributed by atoms with Crippen LogP contribution in [-0.2, 0) is 9.53 Å². The molecular formula is C18H19NO4. The van der Waals surface area contributed by atoms with Crippen molar-refractivity contribution in [2.75, 3.05) is 31.7 Å². The Morgan fingerprint density at radius 3 is 2.48 bits per heavy atom. The highest BCUT2D eigenvalue weighted by molar-refractivity contribution is 5.77. The molecule has 3 rings (SSSR count). The molecule has 0 aliphatic carbocycles. The summed E-state index contributed by atoms with van der Waals surface area (Å²) >= 11 is 0. The van der Waals surface area contributed by atoms with Gasteiger partial charge in [0, 0.05) is 5.69 Å². The molecule has 5 nitrogen and oxygen atoms in total. The van der Waals surface area contributed by atoms with Crippen molar-refractivity contribution in [3.8, 4) is 11.5 Å². The maximum atomic E-state index is 11.8. The number of hydrogen-bond donors (Lipinski definition) is 0. The number of rotatable bonds is 5. The predicted octanol–water partition coefficient (Wildman–Crippen LogP) is 2.51. The van der Waals surface area contributed by atoms with Crippen molar-refractivity contribution in [3.63, 3.8) is 0 Å². The van der Waals surface area contributed by atoms with E-state index >= 15 is 0 Å². The molecule has 2 aromatic carbocycles. The lowest BCUT2D eigenvalue weighted by molar-refractivity contribution is -0.151. The fourth-order valence-electron chi connectivity index (χ4n) is 2.51. The highest BCUT2D eigenvalue weighted by atomic mass is 16.6. The predicted molar refractivity (Wildman–Crippen MR) is 87.0 cm³/mol. The van der Waals surface area contributed by atoms with E-state index in [-0.39, 0.29) is 18.6 Å². The van der Waals surface area contributed by atoms with Crippen LogP contribution in [0.3, 0.4) is 0 Å². The summed E-state index contributed by atoms with van der Waals surface area (Å²) in [5, 5.41) is 0. The fourth-order valence-corrected chi connectivity index (χ4v) is 2.51. The lowest BCUT2D eigenvalue weighted by Crippen LogP contribution is -2.47. The molecule has 1 fully saturated rings. The topological polar surface area (TPSA) is 48.0 Å². The number of morpholine rings is 1. The average molecular weight is 313 g/mol. The van der Waals surface area contributed by atoms with Crippen LogP contribution in [0.15, 0.2) is 54.6 Å².